The number of ether oxygens (including phenoxy) is 2. The minimum Gasteiger partial charge on any atom is -0.483 e. The molecule has 0 atom stereocenters. The summed E-state index contributed by atoms with van der Waals surface area (Å²) in [6, 6.07) is 5.88. The quantitative estimate of drug-likeness (QED) is 0.733. The maximum Gasteiger partial charge on any atom is 0.264 e. The summed E-state index contributed by atoms with van der Waals surface area (Å²) >= 11 is 3.47. The summed E-state index contributed by atoms with van der Waals surface area (Å²) in [5.74, 6) is 1.86. The number of nitrogens with zero attached hydrogens (tertiary/aromatic N) is 2. The summed E-state index contributed by atoms with van der Waals surface area (Å²) in [5, 5.41) is 7.03. The lowest BCUT2D eigenvalue weighted by Crippen LogP contribution is -2.19. The van der Waals surface area contributed by atoms with Crippen molar-refractivity contribution in [3.8, 4) is 5.75 Å². The summed E-state index contributed by atoms with van der Waals surface area (Å²) in [4.78, 5) is 4.12. The lowest BCUT2D eigenvalue weighted by Gasteiger charge is -2.11. The van der Waals surface area contributed by atoms with Crippen molar-refractivity contribution in [1.29, 1.82) is 0 Å². The Bertz CT molecular complexity index is 574. The van der Waals surface area contributed by atoms with Crippen molar-refractivity contribution < 1.29 is 14.0 Å². The molecule has 0 saturated heterocycles. The van der Waals surface area contributed by atoms with E-state index in [1.165, 1.54) is 0 Å². The van der Waals surface area contributed by atoms with Gasteiger partial charge in [-0.15, -0.1) is 0 Å². The van der Waals surface area contributed by atoms with Gasteiger partial charge in [-0.25, -0.2) is 0 Å². The Balaban J connectivity index is 1.97. The number of halogens is 1. The van der Waals surface area contributed by atoms with Crippen molar-refractivity contribution in [2.24, 2.45) is 0 Å². The van der Waals surface area contributed by atoms with Crippen LogP contribution in [0.5, 0.6) is 5.75 Å². The van der Waals surface area contributed by atoms with Crippen LogP contribution in [0.1, 0.15) is 17.3 Å². The Morgan fingerprint density at radius 1 is 1.38 bits per heavy atom. The average molecular weight is 356 g/mol. The van der Waals surface area contributed by atoms with Crippen molar-refractivity contribution in [3.05, 3.63) is 40.0 Å². The van der Waals surface area contributed by atoms with E-state index >= 15 is 0 Å². The monoisotopic (exact) mass is 355 g/mol. The first kappa shape index (κ1) is 15.9. The molecule has 0 aliphatic heterocycles. The number of aromatic nitrogens is 2. The molecule has 0 unspecified atom stereocenters. The maximum absolute atomic E-state index is 5.76. The zero-order valence-corrected chi connectivity index (χ0v) is 13.6. The standard InChI is InChI=1S/C14H18BrN3O3/c1-10-17-14(21-18-10)9-20-13-4-3-12(15)7-11(13)8-16-5-6-19-2/h3-4,7,16H,5-6,8-9H2,1-2H3. The molecule has 1 aromatic heterocycles. The van der Waals surface area contributed by atoms with Crippen LogP contribution in [-0.2, 0) is 17.9 Å². The van der Waals surface area contributed by atoms with E-state index in [0.717, 1.165) is 22.3 Å². The van der Waals surface area contributed by atoms with Gasteiger partial charge in [-0.3, -0.25) is 0 Å². The second kappa shape index (κ2) is 8.11. The highest BCUT2D eigenvalue weighted by Gasteiger charge is 2.08. The van der Waals surface area contributed by atoms with Crippen LogP contribution in [0, 0.1) is 6.92 Å². The summed E-state index contributed by atoms with van der Waals surface area (Å²) in [5.41, 5.74) is 1.05. The number of hydrogen-bond donors (Lipinski definition) is 1. The third-order valence-electron chi connectivity index (χ3n) is 2.74. The Morgan fingerprint density at radius 3 is 2.95 bits per heavy atom. The van der Waals surface area contributed by atoms with Crippen LogP contribution >= 0.6 is 15.9 Å². The SMILES string of the molecule is COCCNCc1cc(Br)ccc1OCc1nc(C)no1. The van der Waals surface area contributed by atoms with Gasteiger partial charge in [0, 0.05) is 30.2 Å². The third kappa shape index (κ3) is 5.11. The largest absolute Gasteiger partial charge is 0.483 e. The van der Waals surface area contributed by atoms with Crippen LogP contribution in [0.25, 0.3) is 0 Å². The van der Waals surface area contributed by atoms with Crippen LogP contribution in [0.2, 0.25) is 0 Å². The fourth-order valence-electron chi connectivity index (χ4n) is 1.76. The number of aryl methyl sites for hydroxylation is 1. The van der Waals surface area contributed by atoms with E-state index in [2.05, 4.69) is 31.4 Å². The number of hydrogen-bond acceptors (Lipinski definition) is 6. The summed E-state index contributed by atoms with van der Waals surface area (Å²) in [6.45, 7) is 4.18. The second-order valence-corrected chi connectivity index (χ2v) is 5.36. The normalized spacial score (nSPS) is 10.8. The molecule has 21 heavy (non-hydrogen) atoms. The van der Waals surface area contributed by atoms with E-state index < -0.39 is 0 Å². The maximum atomic E-state index is 5.76. The Hall–Kier alpha value is -1.44. The minimum atomic E-state index is 0.257. The summed E-state index contributed by atoms with van der Waals surface area (Å²) < 4.78 is 16.8. The molecule has 0 amide bonds. The van der Waals surface area contributed by atoms with Crippen LogP contribution in [-0.4, -0.2) is 30.4 Å². The number of rotatable bonds is 8. The fraction of sp³-hybridized carbons (Fsp3) is 0.429. The Kier molecular flexibility index (Phi) is 6.16. The molecular formula is C14H18BrN3O3. The number of nitrogens with one attached hydrogen (secondary N) is 1. The molecule has 7 heteroatoms. The van der Waals surface area contributed by atoms with Crippen LogP contribution in [0.15, 0.2) is 27.2 Å². The third-order valence-corrected chi connectivity index (χ3v) is 3.23. The Morgan fingerprint density at radius 2 is 2.24 bits per heavy atom. The van der Waals surface area contributed by atoms with Gasteiger partial charge in [0.25, 0.3) is 5.89 Å². The molecule has 2 aromatic rings. The lowest BCUT2D eigenvalue weighted by atomic mass is 10.2. The van der Waals surface area contributed by atoms with Crippen molar-refractivity contribution in [2.75, 3.05) is 20.3 Å². The summed E-state index contributed by atoms with van der Waals surface area (Å²) in [7, 11) is 1.68. The predicted molar refractivity (Wildman–Crippen MR) is 81.1 cm³/mol. The van der Waals surface area contributed by atoms with E-state index in [-0.39, 0.29) is 6.61 Å². The highest BCUT2D eigenvalue weighted by Crippen LogP contribution is 2.24. The van der Waals surface area contributed by atoms with Crippen molar-refractivity contribution in [2.45, 2.75) is 20.1 Å². The van der Waals surface area contributed by atoms with Gasteiger partial charge in [0.05, 0.1) is 6.61 Å². The highest BCUT2D eigenvalue weighted by atomic mass is 79.9. The molecule has 0 spiro atoms. The topological polar surface area (TPSA) is 69.4 Å². The van der Waals surface area contributed by atoms with Gasteiger partial charge in [-0.05, 0) is 25.1 Å². The molecule has 0 fully saturated rings. The molecule has 0 aliphatic rings. The highest BCUT2D eigenvalue weighted by molar-refractivity contribution is 9.10. The zero-order chi connectivity index (χ0) is 15.1. The average Bonchev–Trinajstić information content (AvgIpc) is 2.88. The molecule has 0 bridgehead atoms. The lowest BCUT2D eigenvalue weighted by molar-refractivity contribution is 0.198. The van der Waals surface area contributed by atoms with E-state index in [1.807, 2.05) is 18.2 Å². The first-order valence-corrected chi connectivity index (χ1v) is 7.38. The summed E-state index contributed by atoms with van der Waals surface area (Å²) in [6.07, 6.45) is 0. The van der Waals surface area contributed by atoms with E-state index in [9.17, 15) is 0 Å². The van der Waals surface area contributed by atoms with Crippen LogP contribution in [0.3, 0.4) is 0 Å². The van der Waals surface area contributed by atoms with Crippen LogP contribution in [0.4, 0.5) is 0 Å². The molecule has 1 aromatic carbocycles. The van der Waals surface area contributed by atoms with Crippen molar-refractivity contribution in [3.63, 3.8) is 0 Å². The number of benzene rings is 1. The molecule has 0 aliphatic carbocycles. The molecular weight excluding hydrogens is 338 g/mol. The van der Waals surface area contributed by atoms with Gasteiger partial charge in [-0.1, -0.05) is 21.1 Å². The van der Waals surface area contributed by atoms with Crippen molar-refractivity contribution in [1.82, 2.24) is 15.5 Å². The van der Waals surface area contributed by atoms with Crippen LogP contribution < -0.4 is 10.1 Å². The molecule has 0 radical (unpaired) electrons. The Labute approximate surface area is 132 Å². The molecule has 1 N–H and O–H groups in total. The van der Waals surface area contributed by atoms with E-state index in [4.69, 9.17) is 14.0 Å². The van der Waals surface area contributed by atoms with Gasteiger partial charge < -0.3 is 19.3 Å². The first-order chi connectivity index (χ1) is 10.2. The molecule has 114 valence electrons. The van der Waals surface area contributed by atoms with Gasteiger partial charge in [0.1, 0.15) is 5.75 Å². The second-order valence-electron chi connectivity index (χ2n) is 4.45. The first-order valence-electron chi connectivity index (χ1n) is 6.59. The smallest absolute Gasteiger partial charge is 0.264 e. The number of methoxy groups -OCH3 is 1. The van der Waals surface area contributed by atoms with Gasteiger partial charge in [-0.2, -0.15) is 4.98 Å². The van der Waals surface area contributed by atoms with Crippen molar-refractivity contribution >= 4 is 15.9 Å². The zero-order valence-electron chi connectivity index (χ0n) is 12.1. The van der Waals surface area contributed by atoms with Gasteiger partial charge in [0.2, 0.25) is 0 Å². The van der Waals surface area contributed by atoms with Gasteiger partial charge in [0.15, 0.2) is 12.4 Å². The molecule has 6 nitrogen and oxygen atoms in total. The van der Waals surface area contributed by atoms with E-state index in [0.29, 0.717) is 24.9 Å². The molecule has 1 heterocycles. The molecule has 0 saturated carbocycles. The van der Waals surface area contributed by atoms with Gasteiger partial charge >= 0.3 is 0 Å². The predicted octanol–water partition coefficient (Wildman–Crippen LogP) is 2.46. The fourth-order valence-corrected chi connectivity index (χ4v) is 2.17. The molecule has 2 rings (SSSR count). The van der Waals surface area contributed by atoms with E-state index in [1.54, 1.807) is 14.0 Å². The minimum absolute atomic E-state index is 0.257.